The van der Waals surface area contributed by atoms with E-state index in [1.165, 1.54) is 19.3 Å². The maximum Gasteiger partial charge on any atom is 0.408 e. The summed E-state index contributed by atoms with van der Waals surface area (Å²) in [6.45, 7) is 9.34. The van der Waals surface area contributed by atoms with E-state index in [4.69, 9.17) is 10.6 Å². The van der Waals surface area contributed by atoms with Crippen molar-refractivity contribution < 1.29 is 29.0 Å². The maximum absolute atomic E-state index is 14.5. The van der Waals surface area contributed by atoms with Crippen LogP contribution < -0.4 is 16.6 Å². The molecule has 0 bridgehead atoms. The summed E-state index contributed by atoms with van der Waals surface area (Å²) in [7, 11) is 0. The number of nitrogens with one attached hydrogen (secondary N) is 2. The summed E-state index contributed by atoms with van der Waals surface area (Å²) in [5.74, 6) is 1.57. The first-order chi connectivity index (χ1) is 19.9. The van der Waals surface area contributed by atoms with E-state index in [1.807, 2.05) is 58.0 Å². The van der Waals surface area contributed by atoms with Crippen LogP contribution in [0.2, 0.25) is 0 Å². The van der Waals surface area contributed by atoms with E-state index in [0.29, 0.717) is 18.8 Å². The van der Waals surface area contributed by atoms with E-state index in [9.17, 15) is 24.3 Å². The number of aliphatic carboxylic acids is 1. The summed E-state index contributed by atoms with van der Waals surface area (Å²) in [5, 5.41) is 13.4. The minimum absolute atomic E-state index is 0.00764. The number of ether oxygens (including phenoxy) is 1. The van der Waals surface area contributed by atoms with Crippen LogP contribution in [0.25, 0.3) is 0 Å². The molecule has 42 heavy (non-hydrogen) atoms. The molecule has 9 nitrogen and oxygen atoms in total. The van der Waals surface area contributed by atoms with Gasteiger partial charge in [-0.2, -0.15) is 0 Å². The van der Waals surface area contributed by atoms with Gasteiger partial charge in [0.2, 0.25) is 5.91 Å². The number of ketones is 1. The molecule has 1 aromatic carbocycles. The predicted molar refractivity (Wildman–Crippen MR) is 163 cm³/mol. The Morgan fingerprint density at radius 3 is 2.19 bits per heavy atom. The van der Waals surface area contributed by atoms with E-state index in [-0.39, 0.29) is 37.1 Å². The summed E-state index contributed by atoms with van der Waals surface area (Å²) in [6.07, 6.45) is 7.56. The fourth-order valence-electron chi connectivity index (χ4n) is 6.91. The average molecular weight is 588 g/mol. The number of alkyl carbamates (subject to hydrolysis) is 1. The Labute approximate surface area is 251 Å². The summed E-state index contributed by atoms with van der Waals surface area (Å²) < 4.78 is 5.37. The summed E-state index contributed by atoms with van der Waals surface area (Å²) in [6, 6.07) is 8.18. The smallest absolute Gasteiger partial charge is 0.408 e. The molecule has 2 unspecified atom stereocenters. The number of Topliss-reactive ketones (excluding diaryl/α,β-unsaturated/α-hetero) is 1. The highest BCUT2D eigenvalue weighted by Crippen LogP contribution is 2.47. The maximum atomic E-state index is 14.5. The van der Waals surface area contributed by atoms with Crippen LogP contribution in [-0.4, -0.2) is 34.9 Å². The fourth-order valence-corrected chi connectivity index (χ4v) is 6.91. The number of hydrogen-bond donors (Lipinski definition) is 4. The highest BCUT2D eigenvalue weighted by atomic mass is 16.5. The number of carboxylic acid groups (broad SMARTS) is 1. The van der Waals surface area contributed by atoms with E-state index in [2.05, 4.69) is 10.7 Å². The Bertz CT molecular complexity index is 1010. The van der Waals surface area contributed by atoms with Crippen molar-refractivity contribution in [2.24, 2.45) is 40.8 Å². The largest absolute Gasteiger partial charge is 0.481 e. The highest BCUT2D eigenvalue weighted by molar-refractivity contribution is 5.97. The van der Waals surface area contributed by atoms with E-state index >= 15 is 0 Å². The van der Waals surface area contributed by atoms with Gasteiger partial charge in [0.15, 0.2) is 5.78 Å². The van der Waals surface area contributed by atoms with Crippen LogP contribution in [0.4, 0.5) is 4.79 Å². The van der Waals surface area contributed by atoms with E-state index in [0.717, 1.165) is 24.8 Å². The number of hydrogen-bond acceptors (Lipinski definition) is 6. The van der Waals surface area contributed by atoms with Crippen molar-refractivity contribution in [2.45, 2.75) is 111 Å². The zero-order chi connectivity index (χ0) is 31.3. The number of nitrogens with two attached hydrogens (primary N) is 1. The fraction of sp³-hybridized carbons (Fsp3) is 0.697. The van der Waals surface area contributed by atoms with Gasteiger partial charge in [-0.25, -0.2) is 10.6 Å². The number of hydrazine groups is 1. The molecule has 0 aromatic heterocycles. The predicted octanol–water partition coefficient (Wildman–Crippen LogP) is 6.01. The van der Waals surface area contributed by atoms with Gasteiger partial charge >= 0.3 is 12.1 Å². The lowest BCUT2D eigenvalue weighted by molar-refractivity contribution is -0.162. The third-order valence-corrected chi connectivity index (χ3v) is 8.63. The number of carbonyl (C=O) groups excluding carboxylic acids is 3. The van der Waals surface area contributed by atoms with Gasteiger partial charge in [0.25, 0.3) is 0 Å². The lowest BCUT2D eigenvalue weighted by Crippen LogP contribution is -2.56. The third-order valence-electron chi connectivity index (χ3n) is 8.63. The SMILES string of the molecule is CC(C)C[C@@H](C(=O)NN)C(C(=O)O)C(CCCC1CCCCC1)(CC(C)C)C(=O)[C@@H](C)NC(=O)OCc1ccccc1. The second kappa shape index (κ2) is 17.2. The summed E-state index contributed by atoms with van der Waals surface area (Å²) in [5.41, 5.74) is 1.58. The standard InChI is InChI=1S/C33H53N3O6/c1-22(2)19-27(30(38)36-34)28(31(39)40)33(20-23(3)4,18-12-17-25-13-8-6-9-14-25)29(37)24(5)35-32(41)42-21-26-15-10-7-11-16-26/h7,10-11,15-16,22-25,27-28H,6,8-9,12-14,17-21,34H2,1-5H3,(H,35,41)(H,36,38)(H,39,40)/t24-,27-,28?,33?/m1/s1. The van der Waals surface area contributed by atoms with Crippen molar-refractivity contribution in [2.75, 3.05) is 0 Å². The Morgan fingerprint density at radius 1 is 1.00 bits per heavy atom. The van der Waals surface area contributed by atoms with Crippen molar-refractivity contribution in [3.8, 4) is 0 Å². The minimum atomic E-state index is -1.40. The molecular formula is C33H53N3O6. The molecule has 2 rings (SSSR count). The van der Waals surface area contributed by atoms with Crippen LogP contribution in [0.15, 0.2) is 30.3 Å². The topological polar surface area (TPSA) is 148 Å². The van der Waals surface area contributed by atoms with Gasteiger partial charge < -0.3 is 15.2 Å². The van der Waals surface area contributed by atoms with Gasteiger partial charge in [-0.05, 0) is 49.5 Å². The van der Waals surface area contributed by atoms with Crippen LogP contribution >= 0.6 is 0 Å². The summed E-state index contributed by atoms with van der Waals surface area (Å²) in [4.78, 5) is 53.6. The van der Waals surface area contributed by atoms with Crippen LogP contribution in [0, 0.1) is 35.0 Å². The minimum Gasteiger partial charge on any atom is -0.481 e. The molecule has 1 aliphatic carbocycles. The first-order valence-electron chi connectivity index (χ1n) is 15.7. The molecule has 4 atom stereocenters. The van der Waals surface area contributed by atoms with Crippen molar-refractivity contribution in [1.29, 1.82) is 0 Å². The molecule has 236 valence electrons. The van der Waals surface area contributed by atoms with Crippen LogP contribution in [-0.2, 0) is 25.7 Å². The second-order valence-electron chi connectivity index (χ2n) is 13.0. The highest BCUT2D eigenvalue weighted by Gasteiger charge is 2.54. The Morgan fingerprint density at radius 2 is 1.64 bits per heavy atom. The van der Waals surface area contributed by atoms with Crippen molar-refractivity contribution >= 4 is 23.8 Å². The third kappa shape index (κ3) is 10.4. The molecule has 0 aliphatic heterocycles. The molecule has 1 saturated carbocycles. The monoisotopic (exact) mass is 587 g/mol. The molecule has 0 saturated heterocycles. The normalized spacial score (nSPS) is 17.6. The molecule has 2 amide bonds. The number of rotatable bonds is 17. The molecule has 9 heteroatoms. The van der Waals surface area contributed by atoms with Crippen molar-refractivity contribution in [3.63, 3.8) is 0 Å². The molecule has 0 heterocycles. The van der Waals surface area contributed by atoms with Crippen LogP contribution in [0.1, 0.15) is 104 Å². The average Bonchev–Trinajstić information content (AvgIpc) is 2.95. The molecule has 1 fully saturated rings. The van der Waals surface area contributed by atoms with Gasteiger partial charge in [0.05, 0.1) is 17.9 Å². The molecule has 1 aromatic rings. The second-order valence-corrected chi connectivity index (χ2v) is 13.0. The molecule has 0 spiro atoms. The lowest BCUT2D eigenvalue weighted by atomic mass is 9.58. The Kier molecular flexibility index (Phi) is 14.5. The van der Waals surface area contributed by atoms with Crippen LogP contribution in [0.3, 0.4) is 0 Å². The van der Waals surface area contributed by atoms with Gasteiger partial charge in [-0.15, -0.1) is 0 Å². The van der Waals surface area contributed by atoms with Crippen molar-refractivity contribution in [1.82, 2.24) is 10.7 Å². The number of amides is 2. The molecule has 5 N–H and O–H groups in total. The number of carboxylic acids is 1. The Hall–Kier alpha value is -2.94. The van der Waals surface area contributed by atoms with Gasteiger partial charge in [0, 0.05) is 5.41 Å². The first-order valence-corrected chi connectivity index (χ1v) is 15.7. The van der Waals surface area contributed by atoms with Crippen molar-refractivity contribution in [3.05, 3.63) is 35.9 Å². The number of benzene rings is 1. The zero-order valence-electron chi connectivity index (χ0n) is 26.2. The van der Waals surface area contributed by atoms with E-state index in [1.54, 1.807) is 6.92 Å². The Balaban J connectivity index is 2.45. The lowest BCUT2D eigenvalue weighted by Gasteiger charge is -2.43. The quantitative estimate of drug-likeness (QED) is 0.0991. The van der Waals surface area contributed by atoms with Gasteiger partial charge in [-0.3, -0.25) is 19.8 Å². The van der Waals surface area contributed by atoms with Crippen LogP contribution in [0.5, 0.6) is 0 Å². The molecular weight excluding hydrogens is 534 g/mol. The molecule has 0 radical (unpaired) electrons. The summed E-state index contributed by atoms with van der Waals surface area (Å²) >= 11 is 0. The zero-order valence-corrected chi connectivity index (χ0v) is 26.2. The molecule has 1 aliphatic rings. The van der Waals surface area contributed by atoms with E-state index < -0.39 is 41.3 Å². The van der Waals surface area contributed by atoms with Gasteiger partial charge in [0.1, 0.15) is 6.61 Å². The van der Waals surface area contributed by atoms with Gasteiger partial charge in [-0.1, -0.05) is 103 Å². The number of carbonyl (C=O) groups is 4. The first kappa shape index (κ1) is 35.3.